The van der Waals surface area contributed by atoms with Crippen LogP contribution in [0.2, 0.25) is 10.0 Å². The lowest BCUT2D eigenvalue weighted by atomic mass is 10.1. The molecular weight excluding hydrogens is 397 g/mol. The molecular formula is C21H21Cl2N3O2. The van der Waals surface area contributed by atoms with E-state index in [-0.39, 0.29) is 24.4 Å². The second kappa shape index (κ2) is 9.22. The van der Waals surface area contributed by atoms with Crippen LogP contribution in [-0.4, -0.2) is 27.3 Å². The van der Waals surface area contributed by atoms with Crippen molar-refractivity contribution in [3.63, 3.8) is 0 Å². The lowest BCUT2D eigenvalue weighted by Crippen LogP contribution is -2.34. The Morgan fingerprint density at radius 3 is 2.54 bits per heavy atom. The fourth-order valence-electron chi connectivity index (χ4n) is 3.00. The number of rotatable bonds is 7. The molecule has 0 saturated carbocycles. The Balaban J connectivity index is 1.86. The van der Waals surface area contributed by atoms with E-state index in [1.54, 1.807) is 41.3 Å². The van der Waals surface area contributed by atoms with Gasteiger partial charge >= 0.3 is 0 Å². The first kappa shape index (κ1) is 20.4. The number of nitrogens with zero attached hydrogens (tertiary/aromatic N) is 2. The predicted octanol–water partition coefficient (Wildman–Crippen LogP) is 4.60. The van der Waals surface area contributed by atoms with Gasteiger partial charge in [-0.25, -0.2) is 4.98 Å². The van der Waals surface area contributed by atoms with Crippen LogP contribution in [0.1, 0.15) is 31.2 Å². The first-order valence-electron chi connectivity index (χ1n) is 9.18. The van der Waals surface area contributed by atoms with Crippen LogP contribution in [0, 0.1) is 0 Å². The molecule has 1 heterocycles. The lowest BCUT2D eigenvalue weighted by Gasteiger charge is -2.23. The van der Waals surface area contributed by atoms with Crippen molar-refractivity contribution in [2.45, 2.75) is 32.7 Å². The molecule has 1 amide bonds. The Morgan fingerprint density at radius 2 is 1.82 bits per heavy atom. The minimum Gasteiger partial charge on any atom is -0.335 e. The summed E-state index contributed by atoms with van der Waals surface area (Å²) >= 11 is 12.4. The third-order valence-corrected chi connectivity index (χ3v) is 5.23. The van der Waals surface area contributed by atoms with E-state index in [2.05, 4.69) is 16.9 Å². The third-order valence-electron chi connectivity index (χ3n) is 4.53. The van der Waals surface area contributed by atoms with E-state index in [4.69, 9.17) is 23.2 Å². The number of carbonyl (C=O) groups excluding carboxylic acids is 1. The number of carbonyl (C=O) groups is 1. The molecule has 0 radical (unpaired) electrons. The molecule has 2 aromatic carbocycles. The van der Waals surface area contributed by atoms with Crippen LogP contribution < -0.4 is 5.56 Å². The molecule has 0 aliphatic heterocycles. The maximum absolute atomic E-state index is 13.0. The maximum Gasteiger partial charge on any atom is 0.258 e. The molecule has 146 valence electrons. The first-order chi connectivity index (χ1) is 13.5. The van der Waals surface area contributed by atoms with Crippen molar-refractivity contribution in [3.05, 3.63) is 74.3 Å². The zero-order valence-electron chi connectivity index (χ0n) is 15.5. The second-order valence-electron chi connectivity index (χ2n) is 6.58. The summed E-state index contributed by atoms with van der Waals surface area (Å²) in [5, 5.41) is 1.46. The number of fused-ring (bicyclic) bond motifs is 1. The van der Waals surface area contributed by atoms with Crippen molar-refractivity contribution in [2.75, 3.05) is 6.54 Å². The number of aromatic amines is 1. The van der Waals surface area contributed by atoms with E-state index < -0.39 is 0 Å². The van der Waals surface area contributed by atoms with Gasteiger partial charge in [0.2, 0.25) is 5.91 Å². The van der Waals surface area contributed by atoms with Gasteiger partial charge in [-0.2, -0.15) is 0 Å². The third kappa shape index (κ3) is 4.72. The topological polar surface area (TPSA) is 66.1 Å². The van der Waals surface area contributed by atoms with Gasteiger partial charge < -0.3 is 9.88 Å². The van der Waals surface area contributed by atoms with Gasteiger partial charge in [-0.05, 0) is 36.2 Å². The van der Waals surface area contributed by atoms with Crippen LogP contribution in [0.15, 0.2) is 47.3 Å². The molecule has 1 aromatic heterocycles. The first-order valence-corrected chi connectivity index (χ1v) is 9.93. The van der Waals surface area contributed by atoms with Crippen LogP contribution in [0.5, 0.6) is 0 Å². The monoisotopic (exact) mass is 417 g/mol. The molecule has 0 atom stereocenters. The summed E-state index contributed by atoms with van der Waals surface area (Å²) in [6, 6.07) is 12.3. The number of H-pyrrole nitrogens is 1. The molecule has 0 aliphatic carbocycles. The number of benzene rings is 2. The minimum atomic E-state index is -0.211. The Kier molecular flexibility index (Phi) is 6.70. The smallest absolute Gasteiger partial charge is 0.258 e. The lowest BCUT2D eigenvalue weighted by molar-refractivity contribution is -0.131. The average molecular weight is 418 g/mol. The molecule has 0 unspecified atom stereocenters. The largest absolute Gasteiger partial charge is 0.335 e. The van der Waals surface area contributed by atoms with E-state index in [1.807, 2.05) is 6.07 Å². The van der Waals surface area contributed by atoms with Crippen LogP contribution >= 0.6 is 23.2 Å². The quantitative estimate of drug-likeness (QED) is 0.610. The van der Waals surface area contributed by atoms with Crippen molar-refractivity contribution in [1.29, 1.82) is 0 Å². The van der Waals surface area contributed by atoms with Crippen LogP contribution in [0.4, 0.5) is 0 Å². The van der Waals surface area contributed by atoms with Gasteiger partial charge in [0.15, 0.2) is 0 Å². The number of halogens is 2. The van der Waals surface area contributed by atoms with Gasteiger partial charge in [-0.15, -0.1) is 0 Å². The Labute approximate surface area is 173 Å². The number of aromatic nitrogens is 2. The zero-order valence-corrected chi connectivity index (χ0v) is 17.1. The summed E-state index contributed by atoms with van der Waals surface area (Å²) in [7, 11) is 0. The van der Waals surface area contributed by atoms with Crippen LogP contribution in [-0.2, 0) is 17.8 Å². The maximum atomic E-state index is 13.0. The number of amides is 1. The van der Waals surface area contributed by atoms with E-state index in [0.717, 1.165) is 12.8 Å². The number of hydrogen-bond acceptors (Lipinski definition) is 3. The van der Waals surface area contributed by atoms with Crippen molar-refractivity contribution >= 4 is 40.0 Å². The predicted molar refractivity (Wildman–Crippen MR) is 113 cm³/mol. The molecule has 0 spiro atoms. The standard InChI is InChI=1S/C21H21Cl2N3O2/c1-2-3-11-26(20(27)12-15-16(22)8-6-9-17(15)23)13-19-24-18-10-5-4-7-14(18)21(28)25-19/h4-10H,2-3,11-13H2,1H3,(H,24,25,28). The van der Waals surface area contributed by atoms with Crippen LogP contribution in [0.3, 0.4) is 0 Å². The number of unbranched alkanes of at least 4 members (excludes halogenated alkanes) is 1. The van der Waals surface area contributed by atoms with E-state index >= 15 is 0 Å². The molecule has 0 aliphatic rings. The molecule has 28 heavy (non-hydrogen) atoms. The van der Waals surface area contributed by atoms with Gasteiger partial charge in [0, 0.05) is 16.6 Å². The number of hydrogen-bond donors (Lipinski definition) is 1. The van der Waals surface area contributed by atoms with Gasteiger partial charge in [0.05, 0.1) is 23.9 Å². The van der Waals surface area contributed by atoms with E-state index in [0.29, 0.717) is 38.9 Å². The zero-order chi connectivity index (χ0) is 20.1. The highest BCUT2D eigenvalue weighted by molar-refractivity contribution is 6.36. The van der Waals surface area contributed by atoms with Crippen molar-refractivity contribution in [3.8, 4) is 0 Å². The summed E-state index contributed by atoms with van der Waals surface area (Å²) in [6.07, 6.45) is 1.89. The van der Waals surface area contributed by atoms with Crippen LogP contribution in [0.25, 0.3) is 10.9 Å². The Bertz CT molecular complexity index is 1030. The number of para-hydroxylation sites is 1. The minimum absolute atomic E-state index is 0.0973. The summed E-state index contributed by atoms with van der Waals surface area (Å²) in [5.74, 6) is 0.345. The fourth-order valence-corrected chi connectivity index (χ4v) is 3.53. The highest BCUT2D eigenvalue weighted by atomic mass is 35.5. The normalized spacial score (nSPS) is 11.0. The van der Waals surface area contributed by atoms with E-state index in [1.165, 1.54) is 0 Å². The SMILES string of the molecule is CCCCN(Cc1nc2ccccc2c(=O)[nH]1)C(=O)Cc1c(Cl)cccc1Cl. The summed E-state index contributed by atoms with van der Waals surface area (Å²) in [5.41, 5.74) is 1.01. The molecule has 0 saturated heterocycles. The highest BCUT2D eigenvalue weighted by Gasteiger charge is 2.18. The molecule has 3 aromatic rings. The van der Waals surface area contributed by atoms with Gasteiger partial charge in [0.25, 0.3) is 5.56 Å². The summed E-state index contributed by atoms with van der Waals surface area (Å²) < 4.78 is 0. The highest BCUT2D eigenvalue weighted by Crippen LogP contribution is 2.25. The van der Waals surface area contributed by atoms with Crippen molar-refractivity contribution in [2.24, 2.45) is 0 Å². The molecule has 7 heteroatoms. The number of nitrogens with one attached hydrogen (secondary N) is 1. The Morgan fingerprint density at radius 1 is 1.11 bits per heavy atom. The molecule has 1 N–H and O–H groups in total. The van der Waals surface area contributed by atoms with E-state index in [9.17, 15) is 9.59 Å². The van der Waals surface area contributed by atoms with Gasteiger partial charge in [-0.3, -0.25) is 9.59 Å². The summed E-state index contributed by atoms with van der Waals surface area (Å²) in [4.78, 5) is 34.3. The molecule has 0 bridgehead atoms. The van der Waals surface area contributed by atoms with Crippen molar-refractivity contribution < 1.29 is 4.79 Å². The molecule has 5 nitrogen and oxygen atoms in total. The Hall–Kier alpha value is -2.37. The molecule has 0 fully saturated rings. The summed E-state index contributed by atoms with van der Waals surface area (Å²) in [6.45, 7) is 2.85. The second-order valence-corrected chi connectivity index (χ2v) is 7.39. The van der Waals surface area contributed by atoms with Gasteiger partial charge in [0.1, 0.15) is 5.82 Å². The van der Waals surface area contributed by atoms with Crippen molar-refractivity contribution in [1.82, 2.24) is 14.9 Å². The van der Waals surface area contributed by atoms with Gasteiger partial charge in [-0.1, -0.05) is 54.7 Å². The fraction of sp³-hybridized carbons (Fsp3) is 0.286. The molecule has 3 rings (SSSR count). The average Bonchev–Trinajstić information content (AvgIpc) is 2.68.